The first-order chi connectivity index (χ1) is 29.7. The maximum absolute atomic E-state index is 13.5. The maximum Gasteiger partial charge on any atom is 0.306 e. The Morgan fingerprint density at radius 1 is 0.393 bits per heavy atom. The second kappa shape index (κ2) is 44.4. The van der Waals surface area contributed by atoms with Crippen LogP contribution in [0.1, 0.15) is 240 Å². The summed E-state index contributed by atoms with van der Waals surface area (Å²) in [5, 5.41) is 0. The van der Waals surface area contributed by atoms with E-state index in [1.54, 1.807) is 0 Å². The minimum absolute atomic E-state index is 0.0732. The van der Waals surface area contributed by atoms with E-state index in [4.69, 9.17) is 23.7 Å². The van der Waals surface area contributed by atoms with Crippen LogP contribution >= 0.6 is 0 Å². The van der Waals surface area contributed by atoms with Gasteiger partial charge < -0.3 is 28.6 Å². The van der Waals surface area contributed by atoms with Gasteiger partial charge in [-0.15, -0.1) is 0 Å². The van der Waals surface area contributed by atoms with Gasteiger partial charge in [-0.3, -0.25) is 19.2 Å². The minimum atomic E-state index is -0.969. The molecule has 0 fully saturated rings. The van der Waals surface area contributed by atoms with Crippen molar-refractivity contribution in [2.45, 2.75) is 252 Å². The van der Waals surface area contributed by atoms with Crippen LogP contribution in [0.15, 0.2) is 0 Å². The fourth-order valence-corrected chi connectivity index (χ4v) is 7.51. The Bertz CT molecular complexity index is 988. The first kappa shape index (κ1) is 58.8. The molecule has 10 nitrogen and oxygen atoms in total. The number of unbranched alkanes of at least 4 members (excludes halogenated alkanes) is 24. The minimum Gasteiger partial charge on any atom is -0.465 e. The number of hydrogen-bond acceptors (Lipinski definition) is 10. The highest BCUT2D eigenvalue weighted by molar-refractivity contribution is 5.71. The second-order valence-corrected chi connectivity index (χ2v) is 17.8. The highest BCUT2D eigenvalue weighted by Gasteiger charge is 2.36. The lowest BCUT2D eigenvalue weighted by Crippen LogP contribution is -2.46. The molecule has 0 aliphatic carbocycles. The molecule has 0 heterocycles. The van der Waals surface area contributed by atoms with Gasteiger partial charge in [0.2, 0.25) is 0 Å². The van der Waals surface area contributed by atoms with Gasteiger partial charge in [0.15, 0.2) is 6.10 Å². The van der Waals surface area contributed by atoms with Crippen molar-refractivity contribution >= 4 is 23.9 Å². The van der Waals surface area contributed by atoms with Gasteiger partial charge >= 0.3 is 23.9 Å². The van der Waals surface area contributed by atoms with Gasteiger partial charge in [0.05, 0.1) is 19.1 Å². The van der Waals surface area contributed by atoms with Crippen LogP contribution in [0.5, 0.6) is 0 Å². The number of hydrogen-bond donors (Lipinski definition) is 0. The quantitative estimate of drug-likeness (QED) is 0.0332. The fourth-order valence-electron chi connectivity index (χ4n) is 7.51. The molecule has 61 heavy (non-hydrogen) atoms. The van der Waals surface area contributed by atoms with E-state index in [1.165, 1.54) is 96.3 Å². The van der Waals surface area contributed by atoms with Crippen LogP contribution in [0.4, 0.5) is 0 Å². The molecule has 0 spiro atoms. The van der Waals surface area contributed by atoms with Gasteiger partial charge in [-0.2, -0.15) is 0 Å². The summed E-state index contributed by atoms with van der Waals surface area (Å²) in [6.45, 7) is 9.57. The molecule has 2 unspecified atom stereocenters. The molecule has 0 aromatic heterocycles. The summed E-state index contributed by atoms with van der Waals surface area (Å²) < 4.78 is 30.3. The number of carbonyl (C=O) groups excluding carboxylic acids is 4. The highest BCUT2D eigenvalue weighted by atomic mass is 16.6. The predicted octanol–water partition coefficient (Wildman–Crippen LogP) is 13.0. The molecule has 0 aromatic carbocycles. The van der Waals surface area contributed by atoms with Crippen LogP contribution in [-0.2, 0) is 42.9 Å². The van der Waals surface area contributed by atoms with Gasteiger partial charge in [-0.25, -0.2) is 0 Å². The first-order valence-corrected chi connectivity index (χ1v) is 25.6. The number of carbonyl (C=O) groups is 4. The van der Waals surface area contributed by atoms with Crippen molar-refractivity contribution in [3.8, 4) is 0 Å². The van der Waals surface area contributed by atoms with E-state index in [9.17, 15) is 19.2 Å². The van der Waals surface area contributed by atoms with Crippen LogP contribution in [0.25, 0.3) is 0 Å². The average molecular weight is 868 g/mol. The Hall–Kier alpha value is -2.20. The molecule has 0 aromatic rings. The lowest BCUT2D eigenvalue weighted by Gasteiger charge is -2.33. The zero-order valence-corrected chi connectivity index (χ0v) is 40.7. The van der Waals surface area contributed by atoms with Gasteiger partial charge in [0.1, 0.15) is 12.7 Å². The molecule has 0 saturated heterocycles. The molecule has 2 atom stereocenters. The van der Waals surface area contributed by atoms with E-state index in [0.717, 1.165) is 83.6 Å². The Morgan fingerprint density at radius 2 is 0.705 bits per heavy atom. The van der Waals surface area contributed by atoms with Crippen molar-refractivity contribution < 1.29 is 42.9 Å². The first-order valence-electron chi connectivity index (χ1n) is 25.6. The SMILES string of the molecule is CCCCCCCCCC(=O)OCC(COC(=O)CCCCCCCCC)C(OCCCN(C)C)C(COC(=O)CCCCCCCCC)OC(=O)CCCCCCCCC. The van der Waals surface area contributed by atoms with Gasteiger partial charge in [-0.05, 0) is 52.7 Å². The Labute approximate surface area is 375 Å². The van der Waals surface area contributed by atoms with Crippen molar-refractivity contribution in [2.24, 2.45) is 5.92 Å². The fraction of sp³-hybridized carbons (Fsp3) is 0.922. The van der Waals surface area contributed by atoms with E-state index < -0.39 is 18.1 Å². The molecule has 0 radical (unpaired) electrons. The molecule has 360 valence electrons. The average Bonchev–Trinajstić information content (AvgIpc) is 3.24. The number of ether oxygens (including phenoxy) is 5. The zero-order valence-electron chi connectivity index (χ0n) is 40.7. The molecule has 0 amide bonds. The smallest absolute Gasteiger partial charge is 0.306 e. The van der Waals surface area contributed by atoms with Crippen LogP contribution in [0.3, 0.4) is 0 Å². The summed E-state index contributed by atoms with van der Waals surface area (Å²) in [4.78, 5) is 54.9. The highest BCUT2D eigenvalue weighted by Crippen LogP contribution is 2.22. The lowest BCUT2D eigenvalue weighted by molar-refractivity contribution is -0.180. The van der Waals surface area contributed by atoms with Crippen molar-refractivity contribution in [3.05, 3.63) is 0 Å². The van der Waals surface area contributed by atoms with Crippen molar-refractivity contribution in [1.82, 2.24) is 4.90 Å². The summed E-state index contributed by atoms with van der Waals surface area (Å²) >= 11 is 0. The van der Waals surface area contributed by atoms with Crippen LogP contribution in [0.2, 0.25) is 0 Å². The number of rotatable bonds is 46. The molecule has 0 aliphatic heterocycles. The molecular weight excluding hydrogens is 771 g/mol. The molecule has 0 N–H and O–H groups in total. The van der Waals surface area contributed by atoms with Gasteiger partial charge in [0, 0.05) is 32.3 Å². The molecule has 0 aliphatic rings. The molecule has 0 bridgehead atoms. The molecule has 0 rings (SSSR count). The van der Waals surface area contributed by atoms with Gasteiger partial charge in [-0.1, -0.05) is 182 Å². The standard InChI is InChI=1S/C51H97NO9/c1-7-11-15-19-23-27-31-36-47(53)58-42-45(43-59-48(54)37-32-28-24-20-16-12-8-2)51(57-41-35-40-52(5)6)46(61-50(56)39-34-30-26-22-18-14-10-4)44-60-49(55)38-33-29-25-21-17-13-9-3/h45-46,51H,7-44H2,1-6H3. The van der Waals surface area contributed by atoms with Crippen molar-refractivity contribution in [3.63, 3.8) is 0 Å². The van der Waals surface area contributed by atoms with Crippen molar-refractivity contribution in [2.75, 3.05) is 47.1 Å². The van der Waals surface area contributed by atoms with Crippen molar-refractivity contribution in [1.29, 1.82) is 0 Å². The monoisotopic (exact) mass is 868 g/mol. The second-order valence-electron chi connectivity index (χ2n) is 17.8. The maximum atomic E-state index is 13.5. The zero-order chi connectivity index (χ0) is 45.0. The summed E-state index contributed by atoms with van der Waals surface area (Å²) in [5.41, 5.74) is 0. The number of esters is 4. The number of nitrogens with zero attached hydrogens (tertiary/aromatic N) is 1. The normalized spacial score (nSPS) is 12.5. The molecule has 10 heteroatoms. The van der Waals surface area contributed by atoms with E-state index in [0.29, 0.717) is 32.3 Å². The lowest BCUT2D eigenvalue weighted by atomic mass is 9.98. The van der Waals surface area contributed by atoms with Gasteiger partial charge in [0.25, 0.3) is 0 Å². The summed E-state index contributed by atoms with van der Waals surface area (Å²) in [5.74, 6) is -1.99. The van der Waals surface area contributed by atoms with E-state index in [-0.39, 0.29) is 56.5 Å². The van der Waals surface area contributed by atoms with E-state index in [2.05, 4.69) is 32.6 Å². The van der Waals surface area contributed by atoms with E-state index in [1.807, 2.05) is 14.1 Å². The summed E-state index contributed by atoms with van der Waals surface area (Å²) in [6.07, 6.45) is 30.4. The Kier molecular flexibility index (Phi) is 42.8. The van der Waals surface area contributed by atoms with E-state index >= 15 is 0 Å². The van der Waals surface area contributed by atoms with Crippen LogP contribution in [-0.4, -0.2) is 88.1 Å². The third kappa shape index (κ3) is 39.2. The third-order valence-corrected chi connectivity index (χ3v) is 11.4. The molecule has 0 saturated carbocycles. The summed E-state index contributed by atoms with van der Waals surface area (Å²) in [7, 11) is 3.99. The largest absolute Gasteiger partial charge is 0.465 e. The van der Waals surface area contributed by atoms with Crippen LogP contribution < -0.4 is 0 Å². The van der Waals surface area contributed by atoms with Crippen LogP contribution in [0, 0.1) is 5.92 Å². The predicted molar refractivity (Wildman–Crippen MR) is 250 cm³/mol. The third-order valence-electron chi connectivity index (χ3n) is 11.4. The topological polar surface area (TPSA) is 118 Å². The molecular formula is C51H97NO9. The Balaban J connectivity index is 6.11. The Morgan fingerprint density at radius 3 is 1.05 bits per heavy atom. The summed E-state index contributed by atoms with van der Waals surface area (Å²) in [6, 6.07) is 0.